The second-order valence-corrected chi connectivity index (χ2v) is 4.89. The minimum absolute atomic E-state index is 0.176. The summed E-state index contributed by atoms with van der Waals surface area (Å²) in [5.41, 5.74) is 0.816. The van der Waals surface area contributed by atoms with E-state index in [4.69, 9.17) is 16.7 Å². The van der Waals surface area contributed by atoms with Crippen LogP contribution in [0.2, 0.25) is 5.02 Å². The van der Waals surface area contributed by atoms with Crippen molar-refractivity contribution in [3.8, 4) is 0 Å². The molecule has 0 radical (unpaired) electrons. The number of amides is 1. The fraction of sp³-hybridized carbons (Fsp3) is 0.286. The molecule has 5 heteroatoms. The number of hydrogen-bond acceptors (Lipinski definition) is 2. The Bertz CT molecular complexity index is 480. The molecule has 1 atom stereocenters. The Kier molecular flexibility index (Phi) is 5.57. The molecule has 0 aliphatic heterocycles. The summed E-state index contributed by atoms with van der Waals surface area (Å²) >= 11 is 5.74. The molecular formula is C14H16ClNO3. The van der Waals surface area contributed by atoms with Crippen molar-refractivity contribution >= 4 is 29.6 Å². The number of nitrogens with one attached hydrogen (secondary N) is 1. The van der Waals surface area contributed by atoms with E-state index in [9.17, 15) is 9.59 Å². The molecule has 102 valence electrons. The van der Waals surface area contributed by atoms with E-state index in [0.29, 0.717) is 5.02 Å². The number of halogens is 1. The third kappa shape index (κ3) is 5.14. The topological polar surface area (TPSA) is 66.4 Å². The highest BCUT2D eigenvalue weighted by atomic mass is 35.5. The zero-order chi connectivity index (χ0) is 14.4. The molecule has 0 unspecified atom stereocenters. The van der Waals surface area contributed by atoms with E-state index in [1.54, 1.807) is 44.2 Å². The molecule has 0 saturated heterocycles. The second kappa shape index (κ2) is 6.95. The van der Waals surface area contributed by atoms with Crippen LogP contribution in [0.1, 0.15) is 19.4 Å². The van der Waals surface area contributed by atoms with E-state index < -0.39 is 17.9 Å². The average molecular weight is 282 g/mol. The molecule has 0 aliphatic rings. The molecular weight excluding hydrogens is 266 g/mol. The fourth-order valence-electron chi connectivity index (χ4n) is 1.46. The summed E-state index contributed by atoms with van der Waals surface area (Å²) in [6, 6.07) is 6.08. The molecule has 0 heterocycles. The van der Waals surface area contributed by atoms with Gasteiger partial charge in [-0.3, -0.25) is 4.79 Å². The number of rotatable bonds is 5. The zero-order valence-electron chi connectivity index (χ0n) is 10.8. The van der Waals surface area contributed by atoms with Crippen molar-refractivity contribution in [3.63, 3.8) is 0 Å². The lowest BCUT2D eigenvalue weighted by molar-refractivity contribution is -0.142. The lowest BCUT2D eigenvalue weighted by atomic mass is 10.0. The van der Waals surface area contributed by atoms with Gasteiger partial charge in [0.25, 0.3) is 0 Å². The molecule has 0 fully saturated rings. The van der Waals surface area contributed by atoms with Gasteiger partial charge in [0.15, 0.2) is 0 Å². The van der Waals surface area contributed by atoms with Gasteiger partial charge in [-0.25, -0.2) is 4.79 Å². The van der Waals surface area contributed by atoms with Crippen LogP contribution < -0.4 is 5.32 Å². The maximum atomic E-state index is 11.6. The third-order valence-electron chi connectivity index (χ3n) is 2.53. The van der Waals surface area contributed by atoms with Crippen molar-refractivity contribution in [1.82, 2.24) is 5.32 Å². The Hall–Kier alpha value is -1.81. The highest BCUT2D eigenvalue weighted by Crippen LogP contribution is 2.10. The molecule has 1 aromatic rings. The molecule has 0 aliphatic carbocycles. The molecule has 19 heavy (non-hydrogen) atoms. The SMILES string of the molecule is CC(C)[C@@H](NC(=O)C=Cc1ccc(Cl)cc1)C(=O)O. The lowest BCUT2D eigenvalue weighted by Crippen LogP contribution is -2.43. The van der Waals surface area contributed by atoms with Gasteiger partial charge in [0, 0.05) is 11.1 Å². The third-order valence-corrected chi connectivity index (χ3v) is 2.78. The predicted octanol–water partition coefficient (Wildman–Crippen LogP) is 2.58. The zero-order valence-corrected chi connectivity index (χ0v) is 11.5. The summed E-state index contributed by atoms with van der Waals surface area (Å²) < 4.78 is 0. The van der Waals surface area contributed by atoms with Gasteiger partial charge >= 0.3 is 5.97 Å². The van der Waals surface area contributed by atoms with Gasteiger partial charge in [-0.05, 0) is 29.7 Å². The molecule has 4 nitrogen and oxygen atoms in total. The summed E-state index contributed by atoms with van der Waals surface area (Å²) in [6.45, 7) is 3.48. The molecule has 1 rings (SSSR count). The normalized spacial score (nSPS) is 12.6. The molecule has 0 aromatic heterocycles. The van der Waals surface area contributed by atoms with Crippen molar-refractivity contribution in [2.24, 2.45) is 5.92 Å². The van der Waals surface area contributed by atoms with Crippen molar-refractivity contribution in [3.05, 3.63) is 40.9 Å². The van der Waals surface area contributed by atoms with Gasteiger partial charge < -0.3 is 10.4 Å². The number of carboxylic acid groups (broad SMARTS) is 1. The van der Waals surface area contributed by atoms with E-state index in [-0.39, 0.29) is 5.92 Å². The van der Waals surface area contributed by atoms with Crippen LogP contribution in [-0.2, 0) is 9.59 Å². The highest BCUT2D eigenvalue weighted by molar-refractivity contribution is 6.30. The predicted molar refractivity (Wildman–Crippen MR) is 74.9 cm³/mol. The molecule has 1 aromatic carbocycles. The molecule has 2 N–H and O–H groups in total. The minimum Gasteiger partial charge on any atom is -0.480 e. The Morgan fingerprint density at radius 3 is 2.32 bits per heavy atom. The van der Waals surface area contributed by atoms with E-state index >= 15 is 0 Å². The Morgan fingerprint density at radius 2 is 1.84 bits per heavy atom. The van der Waals surface area contributed by atoms with Gasteiger partial charge in [-0.2, -0.15) is 0 Å². The maximum Gasteiger partial charge on any atom is 0.326 e. The van der Waals surface area contributed by atoms with E-state index in [1.807, 2.05) is 0 Å². The van der Waals surface area contributed by atoms with Crippen LogP contribution in [0, 0.1) is 5.92 Å². The van der Waals surface area contributed by atoms with Crippen molar-refractivity contribution < 1.29 is 14.7 Å². The van der Waals surface area contributed by atoms with Gasteiger partial charge in [0.2, 0.25) is 5.91 Å². The van der Waals surface area contributed by atoms with Crippen LogP contribution in [0.3, 0.4) is 0 Å². The summed E-state index contributed by atoms with van der Waals surface area (Å²) in [4.78, 5) is 22.5. The Balaban J connectivity index is 2.64. The quantitative estimate of drug-likeness (QED) is 0.815. The first-order chi connectivity index (χ1) is 8.90. The van der Waals surface area contributed by atoms with Crippen LogP contribution in [0.5, 0.6) is 0 Å². The van der Waals surface area contributed by atoms with Crippen molar-refractivity contribution in [2.45, 2.75) is 19.9 Å². The van der Waals surface area contributed by atoms with Crippen LogP contribution in [0.25, 0.3) is 6.08 Å². The van der Waals surface area contributed by atoms with E-state index in [0.717, 1.165) is 5.56 Å². The first-order valence-corrected chi connectivity index (χ1v) is 6.25. The second-order valence-electron chi connectivity index (χ2n) is 4.45. The minimum atomic E-state index is -1.04. The van der Waals surface area contributed by atoms with Gasteiger partial charge in [-0.15, -0.1) is 0 Å². The average Bonchev–Trinajstić information content (AvgIpc) is 2.34. The summed E-state index contributed by atoms with van der Waals surface area (Å²) in [7, 11) is 0. The number of carboxylic acids is 1. The van der Waals surface area contributed by atoms with E-state index in [1.165, 1.54) is 6.08 Å². The number of carbonyl (C=O) groups is 2. The highest BCUT2D eigenvalue weighted by Gasteiger charge is 2.22. The van der Waals surface area contributed by atoms with E-state index in [2.05, 4.69) is 5.32 Å². The summed E-state index contributed by atoms with van der Waals surface area (Å²) in [5, 5.41) is 12.0. The van der Waals surface area contributed by atoms with Crippen LogP contribution >= 0.6 is 11.6 Å². The van der Waals surface area contributed by atoms with Gasteiger partial charge in [-0.1, -0.05) is 37.6 Å². The van der Waals surface area contributed by atoms with Gasteiger partial charge in [0.1, 0.15) is 6.04 Å². The summed E-state index contributed by atoms with van der Waals surface area (Å²) in [6.07, 6.45) is 2.91. The monoisotopic (exact) mass is 281 g/mol. The van der Waals surface area contributed by atoms with Crippen LogP contribution in [0.15, 0.2) is 30.3 Å². The number of hydrogen-bond donors (Lipinski definition) is 2. The molecule has 0 spiro atoms. The number of benzene rings is 1. The van der Waals surface area contributed by atoms with Crippen LogP contribution in [0.4, 0.5) is 0 Å². The van der Waals surface area contributed by atoms with Gasteiger partial charge in [0.05, 0.1) is 0 Å². The number of carbonyl (C=O) groups excluding carboxylic acids is 1. The first kappa shape index (κ1) is 15.2. The largest absolute Gasteiger partial charge is 0.480 e. The van der Waals surface area contributed by atoms with Crippen LogP contribution in [-0.4, -0.2) is 23.0 Å². The summed E-state index contributed by atoms with van der Waals surface area (Å²) in [5.74, 6) is -1.65. The Labute approximate surface area is 117 Å². The maximum absolute atomic E-state index is 11.6. The molecule has 1 amide bonds. The first-order valence-electron chi connectivity index (χ1n) is 5.87. The lowest BCUT2D eigenvalue weighted by Gasteiger charge is -2.16. The number of aliphatic carboxylic acids is 1. The van der Waals surface area contributed by atoms with Crippen molar-refractivity contribution in [2.75, 3.05) is 0 Å². The Morgan fingerprint density at radius 1 is 1.26 bits per heavy atom. The van der Waals surface area contributed by atoms with Crippen molar-refractivity contribution in [1.29, 1.82) is 0 Å². The molecule has 0 saturated carbocycles. The standard InChI is InChI=1S/C14H16ClNO3/c1-9(2)13(14(18)19)16-12(17)8-5-10-3-6-11(15)7-4-10/h3-9,13H,1-2H3,(H,16,17)(H,18,19)/t13-/m1/s1. The smallest absolute Gasteiger partial charge is 0.326 e. The molecule has 0 bridgehead atoms. The fourth-order valence-corrected chi connectivity index (χ4v) is 1.59.